The number of aromatic nitrogens is 3. The van der Waals surface area contributed by atoms with E-state index in [0.29, 0.717) is 58.4 Å². The molecule has 0 radical (unpaired) electrons. The fraction of sp³-hybridized carbons (Fsp3) is 0.359. The van der Waals surface area contributed by atoms with Gasteiger partial charge in [0.1, 0.15) is 41.8 Å². The molecule has 264 valence electrons. The first kappa shape index (κ1) is 33.4. The molecule has 0 unspecified atom stereocenters. The second-order valence-corrected chi connectivity index (χ2v) is 14.0. The Bertz CT molecular complexity index is 2250. The van der Waals surface area contributed by atoms with Gasteiger partial charge in [0.2, 0.25) is 0 Å². The molecule has 6 aromatic rings. The molecule has 1 aliphatic carbocycles. The molecule has 3 heterocycles. The van der Waals surface area contributed by atoms with Gasteiger partial charge in [0, 0.05) is 61.5 Å². The van der Waals surface area contributed by atoms with Crippen LogP contribution in [0.2, 0.25) is 5.02 Å². The zero-order chi connectivity index (χ0) is 35.1. The minimum Gasteiger partial charge on any atom is -0.493 e. The Morgan fingerprint density at radius 2 is 1.78 bits per heavy atom. The highest BCUT2D eigenvalue weighted by molar-refractivity contribution is 6.43. The molecule has 1 N–H and O–H groups in total. The Kier molecular flexibility index (Phi) is 9.26. The lowest BCUT2D eigenvalue weighted by molar-refractivity contribution is -0.141. The van der Waals surface area contributed by atoms with Gasteiger partial charge in [-0.3, -0.25) is 4.90 Å². The molecule has 0 amide bonds. The number of fused-ring (bicyclic) bond motifs is 8. The van der Waals surface area contributed by atoms with Crippen LogP contribution in [-0.4, -0.2) is 96.5 Å². The lowest BCUT2D eigenvalue weighted by atomic mass is 9.95. The van der Waals surface area contributed by atoms with Crippen LogP contribution < -0.4 is 14.8 Å². The fourth-order valence-electron chi connectivity index (χ4n) is 7.07. The quantitative estimate of drug-likeness (QED) is 0.112. The molecule has 12 heteroatoms. The molecule has 2 aromatic heterocycles. The fourth-order valence-corrected chi connectivity index (χ4v) is 7.40. The van der Waals surface area contributed by atoms with Gasteiger partial charge in [-0.15, -0.1) is 0 Å². The number of methoxy groups -OCH3 is 1. The van der Waals surface area contributed by atoms with E-state index in [0.717, 1.165) is 65.6 Å². The van der Waals surface area contributed by atoms with E-state index < -0.39 is 12.0 Å². The van der Waals surface area contributed by atoms with Gasteiger partial charge in [-0.2, -0.15) is 5.10 Å². The van der Waals surface area contributed by atoms with Crippen LogP contribution in [0, 0.1) is 11.7 Å². The Morgan fingerprint density at radius 3 is 2.59 bits per heavy atom. The molecule has 1 atom stereocenters. The third kappa shape index (κ3) is 6.73. The van der Waals surface area contributed by atoms with Crippen LogP contribution in [0.25, 0.3) is 37.8 Å². The summed E-state index contributed by atoms with van der Waals surface area (Å²) in [5.74, 6) is 1.51. The maximum Gasteiger partial charge on any atom is 0.328 e. The van der Waals surface area contributed by atoms with Crippen LogP contribution in [-0.2, 0) is 16.0 Å². The summed E-state index contributed by atoms with van der Waals surface area (Å²) in [5.41, 5.74) is 1.53. The molecule has 0 bridgehead atoms. The summed E-state index contributed by atoms with van der Waals surface area (Å²) in [6, 6.07) is 15.5. The van der Waals surface area contributed by atoms with E-state index >= 15 is 0 Å². The normalized spacial score (nSPS) is 16.2. The zero-order valence-corrected chi connectivity index (χ0v) is 29.5. The van der Waals surface area contributed by atoms with E-state index in [9.17, 15) is 9.18 Å². The van der Waals surface area contributed by atoms with E-state index in [1.165, 1.54) is 38.4 Å². The van der Waals surface area contributed by atoms with E-state index in [2.05, 4.69) is 32.2 Å². The first-order valence-electron chi connectivity index (χ1n) is 17.5. The first-order valence-corrected chi connectivity index (χ1v) is 17.8. The number of nitrogens with one attached hydrogen (secondary N) is 1. The molecule has 0 spiro atoms. The minimum atomic E-state index is -0.783. The molecule has 8 rings (SSSR count). The number of likely N-dealkylation sites (N-methyl/N-ethyl adjacent to an activating group) is 1. The number of hydrogen-bond acceptors (Lipinski definition) is 9. The van der Waals surface area contributed by atoms with E-state index in [1.54, 1.807) is 10.6 Å². The van der Waals surface area contributed by atoms with E-state index in [4.69, 9.17) is 25.8 Å². The van der Waals surface area contributed by atoms with Crippen LogP contribution in [0.15, 0.2) is 67.1 Å². The van der Waals surface area contributed by atoms with E-state index in [-0.39, 0.29) is 5.82 Å². The number of carbonyl (C=O) groups excluding carboxylic acids is 1. The summed E-state index contributed by atoms with van der Waals surface area (Å²) in [5, 5.41) is 12.9. The summed E-state index contributed by atoms with van der Waals surface area (Å²) in [4.78, 5) is 22.6. The number of piperazine rings is 1. The van der Waals surface area contributed by atoms with Gasteiger partial charge in [-0.25, -0.2) is 18.7 Å². The zero-order valence-electron chi connectivity index (χ0n) is 28.7. The Labute approximate surface area is 300 Å². The first-order chi connectivity index (χ1) is 24.9. The highest BCUT2D eigenvalue weighted by Crippen LogP contribution is 2.45. The second-order valence-electron chi connectivity index (χ2n) is 13.6. The van der Waals surface area contributed by atoms with Crippen molar-refractivity contribution in [1.29, 1.82) is 0 Å². The summed E-state index contributed by atoms with van der Waals surface area (Å²) >= 11 is 7.18. The average Bonchev–Trinajstić information content (AvgIpc) is 3.89. The third-order valence-corrected chi connectivity index (χ3v) is 10.5. The maximum absolute atomic E-state index is 14.9. The van der Waals surface area contributed by atoms with Crippen LogP contribution in [0.1, 0.15) is 18.4 Å². The standard InChI is InChI=1S/C39H40ClFN6O4/c1-45-13-15-46(16-14-45)17-18-50-33-12-11-28-34(36(33)40)29-20-26(41)9-10-27(29)30-21-47-37(35(28)30)38(42-23-43-47)44-31(39(48)49-2)19-25-5-3-4-6-32(25)51-22-24-7-8-24/h3-6,9-12,20-21,23-24,31H,7-8,13-19,22H2,1-2H3,(H,42,43,44)/t31-/m0/s1. The lowest BCUT2D eigenvalue weighted by Crippen LogP contribution is -2.45. The van der Waals surface area contributed by atoms with Crippen molar-refractivity contribution >= 4 is 61.2 Å². The number of carbonyl (C=O) groups is 1. The van der Waals surface area contributed by atoms with Crippen molar-refractivity contribution in [1.82, 2.24) is 24.4 Å². The maximum atomic E-state index is 14.9. The monoisotopic (exact) mass is 710 g/mol. The summed E-state index contributed by atoms with van der Waals surface area (Å²) in [7, 11) is 3.51. The summed E-state index contributed by atoms with van der Waals surface area (Å²) in [6.45, 7) is 5.95. The predicted molar refractivity (Wildman–Crippen MR) is 198 cm³/mol. The van der Waals surface area contributed by atoms with Crippen LogP contribution >= 0.6 is 11.6 Å². The highest BCUT2D eigenvalue weighted by Gasteiger charge is 2.27. The molecule has 10 nitrogen and oxygen atoms in total. The molecule has 1 saturated heterocycles. The average molecular weight is 711 g/mol. The van der Waals surface area contributed by atoms with Gasteiger partial charge in [-0.1, -0.05) is 35.9 Å². The van der Waals surface area contributed by atoms with Crippen molar-refractivity contribution in [2.45, 2.75) is 25.3 Å². The number of hydrogen-bond donors (Lipinski definition) is 1. The summed E-state index contributed by atoms with van der Waals surface area (Å²) < 4.78 is 34.3. The van der Waals surface area contributed by atoms with Gasteiger partial charge in [0.25, 0.3) is 0 Å². The van der Waals surface area contributed by atoms with Crippen molar-refractivity contribution < 1.29 is 23.4 Å². The molecule has 1 aliphatic heterocycles. The van der Waals surface area contributed by atoms with Crippen molar-refractivity contribution in [2.24, 2.45) is 5.92 Å². The van der Waals surface area contributed by atoms with Gasteiger partial charge >= 0.3 is 5.97 Å². The second kappa shape index (κ2) is 14.1. The highest BCUT2D eigenvalue weighted by atomic mass is 35.5. The Hall–Kier alpha value is -4.71. The molecule has 1 saturated carbocycles. The molecular weight excluding hydrogens is 671 g/mol. The third-order valence-electron chi connectivity index (χ3n) is 10.1. The molecule has 51 heavy (non-hydrogen) atoms. The number of nitrogens with zero attached hydrogens (tertiary/aromatic N) is 5. The largest absolute Gasteiger partial charge is 0.493 e. The van der Waals surface area contributed by atoms with Gasteiger partial charge in [0.15, 0.2) is 5.82 Å². The Morgan fingerprint density at radius 1 is 0.980 bits per heavy atom. The number of para-hydroxylation sites is 1. The molecule has 2 aliphatic rings. The number of halogens is 2. The lowest BCUT2D eigenvalue weighted by Gasteiger charge is -2.32. The molecule has 4 aromatic carbocycles. The molecule has 2 fully saturated rings. The predicted octanol–water partition coefficient (Wildman–Crippen LogP) is 6.59. The number of esters is 1. The van der Waals surface area contributed by atoms with Crippen molar-refractivity contribution in [2.75, 3.05) is 65.4 Å². The summed E-state index contributed by atoms with van der Waals surface area (Å²) in [6.07, 6.45) is 6.02. The van der Waals surface area contributed by atoms with Gasteiger partial charge in [-0.05, 0) is 77.9 Å². The number of ether oxygens (including phenoxy) is 3. The van der Waals surface area contributed by atoms with Crippen LogP contribution in [0.5, 0.6) is 11.5 Å². The topological polar surface area (TPSA) is 93.5 Å². The van der Waals surface area contributed by atoms with Crippen molar-refractivity contribution in [3.8, 4) is 11.5 Å². The number of anilines is 1. The van der Waals surface area contributed by atoms with Gasteiger partial charge < -0.3 is 24.4 Å². The molecular formula is C39H40ClFN6O4. The van der Waals surface area contributed by atoms with Crippen LogP contribution in [0.4, 0.5) is 10.2 Å². The SMILES string of the molecule is COC(=O)[C@H](Cc1ccccc1OCC1CC1)Nc1ncnn2cc3c4ccc(F)cc4c4c(Cl)c(OCCN5CCN(C)CC5)ccc4c3c12. The smallest absolute Gasteiger partial charge is 0.328 e. The number of benzene rings is 4. The van der Waals surface area contributed by atoms with Gasteiger partial charge in [0.05, 0.1) is 18.7 Å². The minimum absolute atomic E-state index is 0.311. The van der Waals surface area contributed by atoms with Crippen molar-refractivity contribution in [3.05, 3.63) is 83.5 Å². The van der Waals surface area contributed by atoms with E-state index in [1.807, 2.05) is 42.6 Å². The van der Waals surface area contributed by atoms with Crippen LogP contribution in [0.3, 0.4) is 0 Å². The van der Waals surface area contributed by atoms with Crippen molar-refractivity contribution in [3.63, 3.8) is 0 Å². The Balaban J connectivity index is 1.20. The number of rotatable bonds is 12.